The Morgan fingerprint density at radius 3 is 2.57 bits per heavy atom. The molecule has 3 nitrogen and oxygen atoms in total. The molecule has 1 aliphatic heterocycles. The number of anilines is 1. The quantitative estimate of drug-likeness (QED) is 0.848. The molecule has 1 heterocycles. The van der Waals surface area contributed by atoms with Gasteiger partial charge < -0.3 is 10.2 Å². The second-order valence-electron chi connectivity index (χ2n) is 6.13. The first-order chi connectivity index (χ1) is 11.0. The van der Waals surface area contributed by atoms with Crippen LogP contribution in [-0.2, 0) is 0 Å². The standard InChI is InChI=1S/C19H21FN2O/c1-13-5-10-17(12-14(13)2)21-19(23)22-11-3-4-18(22)15-6-8-16(20)9-7-15/h5-10,12,18H,3-4,11H2,1-2H3,(H,21,23)/t18-/m0/s1. The van der Waals surface area contributed by atoms with Gasteiger partial charge in [0, 0.05) is 12.2 Å². The van der Waals surface area contributed by atoms with E-state index in [1.54, 1.807) is 12.1 Å². The average molecular weight is 312 g/mol. The van der Waals surface area contributed by atoms with Crippen LogP contribution in [0, 0.1) is 19.7 Å². The lowest BCUT2D eigenvalue weighted by molar-refractivity contribution is 0.207. The Labute approximate surface area is 136 Å². The van der Waals surface area contributed by atoms with Crippen LogP contribution in [0.4, 0.5) is 14.9 Å². The van der Waals surface area contributed by atoms with Crippen molar-refractivity contribution >= 4 is 11.7 Å². The van der Waals surface area contributed by atoms with E-state index in [0.717, 1.165) is 36.2 Å². The number of benzene rings is 2. The summed E-state index contributed by atoms with van der Waals surface area (Å²) in [7, 11) is 0. The van der Waals surface area contributed by atoms with E-state index in [0.29, 0.717) is 0 Å². The molecule has 1 atom stereocenters. The lowest BCUT2D eigenvalue weighted by atomic mass is 10.0. The molecule has 2 aromatic carbocycles. The maximum absolute atomic E-state index is 13.1. The van der Waals surface area contributed by atoms with Crippen LogP contribution in [0.1, 0.15) is 35.6 Å². The number of carbonyl (C=O) groups is 1. The predicted octanol–water partition coefficient (Wildman–Crippen LogP) is 4.81. The molecule has 120 valence electrons. The molecular weight excluding hydrogens is 291 g/mol. The molecule has 1 saturated heterocycles. The fraction of sp³-hybridized carbons (Fsp3) is 0.316. The first kappa shape index (κ1) is 15.5. The Hall–Kier alpha value is -2.36. The Morgan fingerprint density at radius 1 is 1.13 bits per heavy atom. The monoisotopic (exact) mass is 312 g/mol. The van der Waals surface area contributed by atoms with Crippen molar-refractivity contribution in [3.63, 3.8) is 0 Å². The minimum absolute atomic E-state index is 0.0159. The zero-order chi connectivity index (χ0) is 16.4. The van der Waals surface area contributed by atoms with Gasteiger partial charge in [-0.3, -0.25) is 0 Å². The number of halogens is 1. The molecule has 0 aliphatic carbocycles. The molecule has 0 bridgehead atoms. The summed E-state index contributed by atoms with van der Waals surface area (Å²) in [5.74, 6) is -0.252. The number of nitrogens with zero attached hydrogens (tertiary/aromatic N) is 1. The first-order valence-electron chi connectivity index (χ1n) is 7.95. The van der Waals surface area contributed by atoms with Crippen LogP contribution in [0.15, 0.2) is 42.5 Å². The Kier molecular flexibility index (Phi) is 4.33. The third kappa shape index (κ3) is 3.36. The number of aryl methyl sites for hydroxylation is 2. The minimum atomic E-state index is -0.252. The molecule has 3 rings (SSSR count). The van der Waals surface area contributed by atoms with Gasteiger partial charge in [-0.15, -0.1) is 0 Å². The summed E-state index contributed by atoms with van der Waals surface area (Å²) >= 11 is 0. The van der Waals surface area contributed by atoms with E-state index in [-0.39, 0.29) is 17.9 Å². The molecule has 1 N–H and O–H groups in total. The van der Waals surface area contributed by atoms with Crippen molar-refractivity contribution in [1.29, 1.82) is 0 Å². The van der Waals surface area contributed by atoms with Crippen molar-refractivity contribution in [2.24, 2.45) is 0 Å². The summed E-state index contributed by atoms with van der Waals surface area (Å²) in [6.07, 6.45) is 1.87. The maximum Gasteiger partial charge on any atom is 0.322 e. The number of rotatable bonds is 2. The fourth-order valence-electron chi connectivity index (χ4n) is 3.06. The van der Waals surface area contributed by atoms with E-state index in [1.807, 2.05) is 36.9 Å². The van der Waals surface area contributed by atoms with Gasteiger partial charge in [0.2, 0.25) is 0 Å². The SMILES string of the molecule is Cc1ccc(NC(=O)N2CCC[C@H]2c2ccc(F)cc2)cc1C. The van der Waals surface area contributed by atoms with E-state index in [4.69, 9.17) is 0 Å². The van der Waals surface area contributed by atoms with Crippen molar-refractivity contribution in [1.82, 2.24) is 4.90 Å². The normalized spacial score (nSPS) is 17.3. The number of likely N-dealkylation sites (tertiary alicyclic amines) is 1. The molecule has 1 aliphatic rings. The summed E-state index contributed by atoms with van der Waals surface area (Å²) in [6, 6.07) is 12.3. The van der Waals surface area contributed by atoms with Crippen molar-refractivity contribution in [2.45, 2.75) is 32.7 Å². The maximum atomic E-state index is 13.1. The summed E-state index contributed by atoms with van der Waals surface area (Å²) in [5.41, 5.74) is 4.15. The van der Waals surface area contributed by atoms with Crippen molar-refractivity contribution in [3.8, 4) is 0 Å². The highest BCUT2D eigenvalue weighted by atomic mass is 19.1. The van der Waals surface area contributed by atoms with Gasteiger partial charge in [-0.05, 0) is 67.6 Å². The molecule has 2 amide bonds. The largest absolute Gasteiger partial charge is 0.322 e. The molecule has 0 spiro atoms. The van der Waals surface area contributed by atoms with E-state index < -0.39 is 0 Å². The van der Waals surface area contributed by atoms with Crippen molar-refractivity contribution < 1.29 is 9.18 Å². The van der Waals surface area contributed by atoms with E-state index in [9.17, 15) is 9.18 Å². The third-order valence-electron chi connectivity index (χ3n) is 4.53. The highest BCUT2D eigenvalue weighted by molar-refractivity contribution is 5.90. The number of amides is 2. The molecule has 0 radical (unpaired) electrons. The van der Waals surface area contributed by atoms with Crippen molar-refractivity contribution in [3.05, 3.63) is 65.0 Å². The van der Waals surface area contributed by atoms with Gasteiger partial charge in [-0.25, -0.2) is 9.18 Å². The van der Waals surface area contributed by atoms with Gasteiger partial charge in [0.05, 0.1) is 6.04 Å². The Bertz CT molecular complexity index is 712. The van der Waals surface area contributed by atoms with E-state index in [2.05, 4.69) is 5.32 Å². The molecule has 0 unspecified atom stereocenters. The van der Waals surface area contributed by atoms with Crippen LogP contribution < -0.4 is 5.32 Å². The third-order valence-corrected chi connectivity index (χ3v) is 4.53. The topological polar surface area (TPSA) is 32.3 Å². The van der Waals surface area contributed by atoms with Gasteiger partial charge >= 0.3 is 6.03 Å². The number of nitrogens with one attached hydrogen (secondary N) is 1. The average Bonchev–Trinajstić information content (AvgIpc) is 3.01. The van der Waals surface area contributed by atoms with Crippen LogP contribution in [-0.4, -0.2) is 17.5 Å². The summed E-state index contributed by atoms with van der Waals surface area (Å²) in [5, 5.41) is 2.98. The fourth-order valence-corrected chi connectivity index (χ4v) is 3.06. The number of carbonyl (C=O) groups excluding carboxylic acids is 1. The second kappa shape index (κ2) is 6.41. The lowest BCUT2D eigenvalue weighted by Gasteiger charge is -2.25. The molecule has 1 fully saturated rings. The van der Waals surface area contributed by atoms with Gasteiger partial charge in [0.25, 0.3) is 0 Å². The zero-order valence-corrected chi connectivity index (χ0v) is 13.5. The Morgan fingerprint density at radius 2 is 1.87 bits per heavy atom. The van der Waals surface area contributed by atoms with Crippen LogP contribution in [0.3, 0.4) is 0 Å². The molecular formula is C19H21FN2O. The van der Waals surface area contributed by atoms with Gasteiger partial charge in [-0.1, -0.05) is 18.2 Å². The first-order valence-corrected chi connectivity index (χ1v) is 7.95. The highest BCUT2D eigenvalue weighted by Gasteiger charge is 2.30. The molecule has 0 saturated carbocycles. The molecule has 23 heavy (non-hydrogen) atoms. The summed E-state index contributed by atoms with van der Waals surface area (Å²) < 4.78 is 13.1. The summed E-state index contributed by atoms with van der Waals surface area (Å²) in [6.45, 7) is 4.80. The predicted molar refractivity (Wildman–Crippen MR) is 90.0 cm³/mol. The van der Waals surface area contributed by atoms with Crippen LogP contribution >= 0.6 is 0 Å². The number of hydrogen-bond acceptors (Lipinski definition) is 1. The highest BCUT2D eigenvalue weighted by Crippen LogP contribution is 2.32. The second-order valence-corrected chi connectivity index (χ2v) is 6.13. The van der Waals surface area contributed by atoms with Crippen molar-refractivity contribution in [2.75, 3.05) is 11.9 Å². The molecule has 0 aromatic heterocycles. The number of hydrogen-bond donors (Lipinski definition) is 1. The van der Waals surface area contributed by atoms with E-state index in [1.165, 1.54) is 17.7 Å². The molecule has 2 aromatic rings. The summed E-state index contributed by atoms with van der Waals surface area (Å²) in [4.78, 5) is 14.4. The number of urea groups is 1. The van der Waals surface area contributed by atoms with Crippen LogP contribution in [0.5, 0.6) is 0 Å². The lowest BCUT2D eigenvalue weighted by Crippen LogP contribution is -2.34. The smallest absolute Gasteiger partial charge is 0.317 e. The van der Waals surface area contributed by atoms with E-state index >= 15 is 0 Å². The molecule has 4 heteroatoms. The van der Waals surface area contributed by atoms with Gasteiger partial charge in [-0.2, -0.15) is 0 Å². The van der Waals surface area contributed by atoms with Gasteiger partial charge in [0.15, 0.2) is 0 Å². The van der Waals surface area contributed by atoms with Gasteiger partial charge in [0.1, 0.15) is 5.82 Å². The zero-order valence-electron chi connectivity index (χ0n) is 13.5. The Balaban J connectivity index is 1.75. The minimum Gasteiger partial charge on any atom is -0.317 e. The van der Waals surface area contributed by atoms with Crippen LogP contribution in [0.2, 0.25) is 0 Å². The van der Waals surface area contributed by atoms with Crippen LogP contribution in [0.25, 0.3) is 0 Å².